The number of primary sulfonamides is 1. The lowest BCUT2D eigenvalue weighted by Crippen LogP contribution is -2.13. The third-order valence-corrected chi connectivity index (χ3v) is 4.20. The normalized spacial score (nSPS) is 11.5. The molecule has 0 radical (unpaired) electrons. The Morgan fingerprint density at radius 1 is 1.32 bits per heavy atom. The van der Waals surface area contributed by atoms with E-state index in [1.807, 2.05) is 6.92 Å². The molecule has 6 nitrogen and oxygen atoms in total. The van der Waals surface area contributed by atoms with Crippen LogP contribution in [0, 0.1) is 12.7 Å². The number of rotatable bonds is 5. The summed E-state index contributed by atoms with van der Waals surface area (Å²) in [7, 11) is -3.73. The van der Waals surface area contributed by atoms with Gasteiger partial charge in [0.25, 0.3) is 0 Å². The minimum absolute atomic E-state index is 0.0511. The van der Waals surface area contributed by atoms with Crippen LogP contribution in [-0.2, 0) is 23.0 Å². The average molecular weight is 324 g/mol. The van der Waals surface area contributed by atoms with Gasteiger partial charge in [-0.05, 0) is 36.6 Å². The van der Waals surface area contributed by atoms with Gasteiger partial charge in [0.2, 0.25) is 10.0 Å². The smallest absolute Gasteiger partial charge is 0.238 e. The van der Waals surface area contributed by atoms with Crippen molar-refractivity contribution in [1.82, 2.24) is 9.97 Å². The number of anilines is 1. The molecule has 0 fully saturated rings. The van der Waals surface area contributed by atoms with Gasteiger partial charge in [-0.15, -0.1) is 0 Å². The number of halogens is 1. The van der Waals surface area contributed by atoms with E-state index in [1.165, 1.54) is 18.5 Å². The maximum absolute atomic E-state index is 14.0. The summed E-state index contributed by atoms with van der Waals surface area (Å²) in [5, 5.41) is 7.98. The molecule has 0 saturated heterocycles. The lowest BCUT2D eigenvalue weighted by molar-refractivity contribution is 0.596. The Bertz CT molecular complexity index is 793. The molecule has 2 rings (SSSR count). The Labute approximate surface area is 128 Å². The molecular weight excluding hydrogens is 307 g/mol. The highest BCUT2D eigenvalue weighted by molar-refractivity contribution is 7.89. The van der Waals surface area contributed by atoms with Crippen LogP contribution < -0.4 is 10.5 Å². The second-order valence-electron chi connectivity index (χ2n) is 4.82. The van der Waals surface area contributed by atoms with Crippen molar-refractivity contribution in [3.8, 4) is 0 Å². The van der Waals surface area contributed by atoms with Gasteiger partial charge in [0, 0.05) is 6.54 Å². The van der Waals surface area contributed by atoms with Crippen LogP contribution in [0.2, 0.25) is 0 Å². The first-order valence-corrected chi connectivity index (χ1v) is 8.23. The first-order valence-electron chi connectivity index (χ1n) is 6.68. The molecule has 0 saturated carbocycles. The maximum Gasteiger partial charge on any atom is 0.238 e. The fourth-order valence-corrected chi connectivity index (χ4v) is 2.60. The van der Waals surface area contributed by atoms with Crippen LogP contribution in [0.3, 0.4) is 0 Å². The van der Waals surface area contributed by atoms with Crippen molar-refractivity contribution >= 4 is 15.8 Å². The van der Waals surface area contributed by atoms with Crippen molar-refractivity contribution in [1.29, 1.82) is 0 Å². The van der Waals surface area contributed by atoms with Crippen LogP contribution in [0.4, 0.5) is 10.2 Å². The summed E-state index contributed by atoms with van der Waals surface area (Å²) in [5.41, 5.74) is 1.91. The lowest BCUT2D eigenvalue weighted by Gasteiger charge is -2.11. The van der Waals surface area contributed by atoms with Gasteiger partial charge in [-0.25, -0.2) is 27.9 Å². The molecule has 3 N–H and O–H groups in total. The zero-order chi connectivity index (χ0) is 16.3. The number of sulfonamides is 1. The molecule has 0 unspecified atom stereocenters. The van der Waals surface area contributed by atoms with Gasteiger partial charge in [-0.2, -0.15) is 0 Å². The van der Waals surface area contributed by atoms with Crippen LogP contribution in [-0.4, -0.2) is 18.4 Å². The number of aromatic nitrogens is 2. The fourth-order valence-electron chi connectivity index (χ4n) is 2.00. The Kier molecular flexibility index (Phi) is 4.72. The molecule has 0 amide bonds. The Balaban J connectivity index is 2.19. The van der Waals surface area contributed by atoms with Crippen LogP contribution in [0.25, 0.3) is 0 Å². The number of hydrogen-bond acceptors (Lipinski definition) is 5. The summed E-state index contributed by atoms with van der Waals surface area (Å²) >= 11 is 0. The molecule has 1 aromatic heterocycles. The summed E-state index contributed by atoms with van der Waals surface area (Å²) in [6.07, 6.45) is 1.78. The van der Waals surface area contributed by atoms with Crippen LogP contribution in [0.1, 0.15) is 23.7 Å². The molecule has 118 valence electrons. The predicted molar refractivity (Wildman–Crippen MR) is 81.2 cm³/mol. The van der Waals surface area contributed by atoms with Crippen molar-refractivity contribution in [2.75, 3.05) is 5.32 Å². The summed E-state index contributed by atoms with van der Waals surface area (Å²) in [5.74, 6) is -0.342. The predicted octanol–water partition coefficient (Wildman–Crippen LogP) is 1.75. The molecule has 0 bridgehead atoms. The molecule has 0 atom stereocenters. The van der Waals surface area contributed by atoms with Gasteiger partial charge < -0.3 is 5.32 Å². The third kappa shape index (κ3) is 3.58. The molecule has 1 aromatic carbocycles. The highest BCUT2D eigenvalue weighted by Gasteiger charge is 2.12. The quantitative estimate of drug-likeness (QED) is 0.873. The zero-order valence-electron chi connectivity index (χ0n) is 12.3. The Morgan fingerprint density at radius 2 is 2.05 bits per heavy atom. The topological polar surface area (TPSA) is 98.0 Å². The van der Waals surface area contributed by atoms with E-state index < -0.39 is 15.8 Å². The second kappa shape index (κ2) is 6.37. The SMILES string of the molecule is CCc1ncnc(NCc2ccc(S(N)(=O)=O)cc2C)c1F. The largest absolute Gasteiger partial charge is 0.363 e. The summed E-state index contributed by atoms with van der Waals surface area (Å²) < 4.78 is 36.6. The first-order chi connectivity index (χ1) is 10.3. The number of nitrogens with one attached hydrogen (secondary N) is 1. The first kappa shape index (κ1) is 16.3. The molecule has 2 aromatic rings. The van der Waals surface area contributed by atoms with Crippen molar-refractivity contribution < 1.29 is 12.8 Å². The van der Waals surface area contributed by atoms with Crippen LogP contribution in [0.15, 0.2) is 29.4 Å². The number of hydrogen-bond donors (Lipinski definition) is 2. The molecule has 1 heterocycles. The number of aryl methyl sites for hydroxylation is 2. The van der Waals surface area contributed by atoms with E-state index in [1.54, 1.807) is 13.0 Å². The van der Waals surface area contributed by atoms with Crippen LogP contribution in [0.5, 0.6) is 0 Å². The van der Waals surface area contributed by atoms with Gasteiger partial charge in [-0.3, -0.25) is 0 Å². The fraction of sp³-hybridized carbons (Fsp3) is 0.286. The standard InChI is InChI=1S/C14H17FN4O2S/c1-3-12-13(15)14(19-8-18-12)17-7-10-4-5-11(6-9(10)2)22(16,20)21/h4-6,8H,3,7H2,1-2H3,(H2,16,20,21)(H,17,18,19). The highest BCUT2D eigenvalue weighted by atomic mass is 32.2. The Morgan fingerprint density at radius 3 is 2.64 bits per heavy atom. The zero-order valence-corrected chi connectivity index (χ0v) is 13.1. The van der Waals surface area contributed by atoms with Gasteiger partial charge >= 0.3 is 0 Å². The molecule has 22 heavy (non-hydrogen) atoms. The van der Waals surface area contributed by atoms with Gasteiger partial charge in [0.1, 0.15) is 6.33 Å². The summed E-state index contributed by atoms with van der Waals surface area (Å²) in [6.45, 7) is 3.89. The summed E-state index contributed by atoms with van der Waals surface area (Å²) in [4.78, 5) is 7.79. The molecular formula is C14H17FN4O2S. The van der Waals surface area contributed by atoms with E-state index >= 15 is 0 Å². The lowest BCUT2D eigenvalue weighted by atomic mass is 10.1. The third-order valence-electron chi connectivity index (χ3n) is 3.29. The van der Waals surface area contributed by atoms with Crippen molar-refractivity contribution in [3.05, 3.63) is 47.2 Å². The van der Waals surface area contributed by atoms with E-state index in [0.717, 1.165) is 11.1 Å². The number of benzene rings is 1. The Hall–Kier alpha value is -2.06. The van der Waals surface area contributed by atoms with E-state index in [0.29, 0.717) is 18.7 Å². The molecule has 0 aliphatic carbocycles. The van der Waals surface area contributed by atoms with E-state index in [9.17, 15) is 12.8 Å². The monoisotopic (exact) mass is 324 g/mol. The summed E-state index contributed by atoms with van der Waals surface area (Å²) in [6, 6.07) is 4.55. The second-order valence-corrected chi connectivity index (χ2v) is 6.38. The van der Waals surface area contributed by atoms with Crippen molar-refractivity contribution in [2.45, 2.75) is 31.7 Å². The van der Waals surface area contributed by atoms with Crippen molar-refractivity contribution in [3.63, 3.8) is 0 Å². The van der Waals surface area contributed by atoms with Gasteiger partial charge in [0.15, 0.2) is 11.6 Å². The van der Waals surface area contributed by atoms with Gasteiger partial charge in [-0.1, -0.05) is 13.0 Å². The molecule has 0 aliphatic heterocycles. The number of nitrogens with two attached hydrogens (primary N) is 1. The van der Waals surface area contributed by atoms with E-state index in [2.05, 4.69) is 15.3 Å². The van der Waals surface area contributed by atoms with Gasteiger partial charge in [0.05, 0.1) is 10.6 Å². The molecule has 8 heteroatoms. The van der Waals surface area contributed by atoms with Crippen LogP contribution >= 0.6 is 0 Å². The molecule has 0 spiro atoms. The van der Waals surface area contributed by atoms with E-state index in [-0.39, 0.29) is 10.7 Å². The van der Waals surface area contributed by atoms with Crippen molar-refractivity contribution in [2.24, 2.45) is 5.14 Å². The number of nitrogens with zero attached hydrogens (tertiary/aromatic N) is 2. The average Bonchev–Trinajstić information content (AvgIpc) is 2.46. The maximum atomic E-state index is 14.0. The minimum atomic E-state index is -3.73. The minimum Gasteiger partial charge on any atom is -0.363 e. The van der Waals surface area contributed by atoms with E-state index in [4.69, 9.17) is 5.14 Å². The molecule has 0 aliphatic rings. The highest BCUT2D eigenvalue weighted by Crippen LogP contribution is 2.18.